The Morgan fingerprint density at radius 2 is 2.08 bits per heavy atom. The van der Waals surface area contributed by atoms with E-state index in [0.29, 0.717) is 0 Å². The maximum absolute atomic E-state index is 12.7. The molecule has 0 saturated carbocycles. The molecule has 0 atom stereocenters. The van der Waals surface area contributed by atoms with Crippen LogP contribution in [0.25, 0.3) is 10.8 Å². The summed E-state index contributed by atoms with van der Waals surface area (Å²) >= 11 is 0. The van der Waals surface area contributed by atoms with Gasteiger partial charge in [-0.1, -0.05) is 18.2 Å². The van der Waals surface area contributed by atoms with Crippen molar-refractivity contribution in [2.45, 2.75) is 18.9 Å². The van der Waals surface area contributed by atoms with Crippen molar-refractivity contribution in [2.75, 3.05) is 20.3 Å². The molecule has 0 N–H and O–H groups in total. The summed E-state index contributed by atoms with van der Waals surface area (Å²) in [6.45, 7) is -1.95. The minimum absolute atomic E-state index is 0.231. The van der Waals surface area contributed by atoms with Gasteiger partial charge < -0.3 is 9.64 Å². The number of aromatic nitrogens is 1. The van der Waals surface area contributed by atoms with Gasteiger partial charge in [-0.3, -0.25) is 9.78 Å². The molecule has 0 aliphatic heterocycles. The summed E-state index contributed by atoms with van der Waals surface area (Å²) in [5.41, 5.74) is 0.851. The third kappa shape index (κ3) is 4.41. The summed E-state index contributed by atoms with van der Waals surface area (Å²) in [6, 6.07) is 7.33. The summed E-state index contributed by atoms with van der Waals surface area (Å²) in [5, 5.41) is 1.82. The number of fused-ring (bicyclic) bond motifs is 1. The van der Waals surface area contributed by atoms with Gasteiger partial charge in [-0.05, 0) is 17.0 Å². The average molecular weight is 344 g/mol. The lowest BCUT2D eigenvalue weighted by molar-refractivity contribution is -0.170. The molecule has 1 heterocycles. The predicted molar refractivity (Wildman–Crippen MR) is 80.0 cm³/mol. The fourth-order valence-electron chi connectivity index (χ4n) is 2.12. The zero-order valence-corrected chi connectivity index (χ0v) is 12.9. The van der Waals surface area contributed by atoms with E-state index in [4.69, 9.17) is 0 Å². The topological polar surface area (TPSA) is 42.4 Å². The number of hydrogen-bond donors (Lipinski definition) is 0. The maximum Gasteiger partial charge on any atom is 0.330 e. The van der Waals surface area contributed by atoms with E-state index in [1.54, 1.807) is 12.4 Å². The van der Waals surface area contributed by atoms with Gasteiger partial charge in [0.1, 0.15) is 13.2 Å². The Kier molecular flexibility index (Phi) is 5.71. The van der Waals surface area contributed by atoms with Crippen molar-refractivity contribution in [3.05, 3.63) is 42.2 Å². The molecule has 0 aliphatic rings. The van der Waals surface area contributed by atoms with E-state index in [2.05, 4.69) is 9.72 Å². The number of hydrogen-bond acceptors (Lipinski definition) is 3. The van der Waals surface area contributed by atoms with Crippen LogP contribution in [0.1, 0.15) is 5.56 Å². The van der Waals surface area contributed by atoms with Crippen LogP contribution in [-0.4, -0.2) is 48.4 Å². The van der Waals surface area contributed by atoms with Crippen LogP contribution in [0, 0.1) is 0 Å². The van der Waals surface area contributed by atoms with E-state index in [1.807, 2.05) is 24.3 Å². The number of nitrogens with zero attached hydrogens (tertiary/aromatic N) is 2. The number of halogens is 4. The van der Waals surface area contributed by atoms with Crippen LogP contribution in [0.3, 0.4) is 0 Å². The average Bonchev–Trinajstić information content (AvgIpc) is 2.54. The highest BCUT2D eigenvalue weighted by atomic mass is 19.3. The second-order valence-corrected chi connectivity index (χ2v) is 5.32. The number of ether oxygens (including phenoxy) is 1. The first-order valence-corrected chi connectivity index (χ1v) is 7.10. The molecule has 0 fully saturated rings. The van der Waals surface area contributed by atoms with E-state index in [-0.39, 0.29) is 6.54 Å². The second kappa shape index (κ2) is 7.57. The summed E-state index contributed by atoms with van der Waals surface area (Å²) in [6.07, 6.45) is -0.506. The van der Waals surface area contributed by atoms with E-state index >= 15 is 0 Å². The molecule has 8 heteroatoms. The van der Waals surface area contributed by atoms with Crippen LogP contribution in [0.15, 0.2) is 36.7 Å². The van der Waals surface area contributed by atoms with Crippen LogP contribution >= 0.6 is 0 Å². The van der Waals surface area contributed by atoms with E-state index in [1.165, 1.54) is 11.9 Å². The Bertz CT molecular complexity index is 704. The number of amides is 1. The minimum Gasteiger partial charge on any atom is -0.365 e. The molecule has 1 amide bonds. The highest BCUT2D eigenvalue weighted by molar-refractivity contribution is 5.85. The summed E-state index contributed by atoms with van der Waals surface area (Å²) in [4.78, 5) is 17.2. The number of rotatable bonds is 7. The number of benzene rings is 1. The van der Waals surface area contributed by atoms with Crippen molar-refractivity contribution in [3.8, 4) is 0 Å². The fraction of sp³-hybridized carbons (Fsp3) is 0.375. The molecule has 2 aromatic rings. The molecule has 2 rings (SSSR count). The molecular weight excluding hydrogens is 328 g/mol. The van der Waals surface area contributed by atoms with Gasteiger partial charge in [0.25, 0.3) is 0 Å². The molecule has 1 aromatic carbocycles. The number of alkyl halides is 4. The second-order valence-electron chi connectivity index (χ2n) is 5.32. The first-order chi connectivity index (χ1) is 11.3. The fourth-order valence-corrected chi connectivity index (χ4v) is 2.12. The third-order valence-electron chi connectivity index (χ3n) is 3.44. The molecular formula is C16H16F4N2O2. The van der Waals surface area contributed by atoms with Gasteiger partial charge in [-0.2, -0.15) is 8.78 Å². The smallest absolute Gasteiger partial charge is 0.330 e. The van der Waals surface area contributed by atoms with E-state index in [0.717, 1.165) is 16.3 Å². The normalized spacial score (nSPS) is 11.9. The lowest BCUT2D eigenvalue weighted by Crippen LogP contribution is -2.35. The zero-order chi connectivity index (χ0) is 17.7. The van der Waals surface area contributed by atoms with Crippen molar-refractivity contribution >= 4 is 16.7 Å². The van der Waals surface area contributed by atoms with Crippen LogP contribution in [0.5, 0.6) is 0 Å². The lowest BCUT2D eigenvalue weighted by atomic mass is 10.1. The zero-order valence-electron chi connectivity index (χ0n) is 12.9. The van der Waals surface area contributed by atoms with Crippen LogP contribution in [0.4, 0.5) is 17.6 Å². The van der Waals surface area contributed by atoms with Gasteiger partial charge in [0.15, 0.2) is 0 Å². The molecule has 0 bridgehead atoms. The van der Waals surface area contributed by atoms with Crippen LogP contribution in [-0.2, 0) is 16.1 Å². The standard InChI is InChI=1S/C16H16F4N2O2/c1-22(14(23)9-24-10-16(19,20)15(17)18)8-12-4-2-3-11-7-21-6-5-13(11)12/h2-7,15H,8-10H2,1H3. The van der Waals surface area contributed by atoms with Gasteiger partial charge in [-0.25, -0.2) is 8.78 Å². The quantitative estimate of drug-likeness (QED) is 0.725. The molecule has 0 aliphatic carbocycles. The van der Waals surface area contributed by atoms with Gasteiger partial charge in [0, 0.05) is 31.4 Å². The number of carbonyl (C=O) groups is 1. The number of carbonyl (C=O) groups excluding carboxylic acids is 1. The lowest BCUT2D eigenvalue weighted by Gasteiger charge is -2.20. The van der Waals surface area contributed by atoms with E-state index in [9.17, 15) is 22.4 Å². The minimum atomic E-state index is -4.26. The molecule has 0 radical (unpaired) electrons. The van der Waals surface area contributed by atoms with Gasteiger partial charge in [0.05, 0.1) is 0 Å². The van der Waals surface area contributed by atoms with Gasteiger partial charge in [-0.15, -0.1) is 0 Å². The predicted octanol–water partition coefficient (Wildman–Crippen LogP) is 3.11. The van der Waals surface area contributed by atoms with Crippen molar-refractivity contribution in [3.63, 3.8) is 0 Å². The van der Waals surface area contributed by atoms with Crippen LogP contribution < -0.4 is 0 Å². The highest BCUT2D eigenvalue weighted by Gasteiger charge is 2.41. The molecule has 1 aromatic heterocycles. The van der Waals surface area contributed by atoms with Crippen molar-refractivity contribution in [2.24, 2.45) is 0 Å². The van der Waals surface area contributed by atoms with Gasteiger partial charge >= 0.3 is 12.3 Å². The Balaban J connectivity index is 1.94. The van der Waals surface area contributed by atoms with Crippen LogP contribution in [0.2, 0.25) is 0 Å². The molecule has 24 heavy (non-hydrogen) atoms. The highest BCUT2D eigenvalue weighted by Crippen LogP contribution is 2.23. The number of pyridine rings is 1. The van der Waals surface area contributed by atoms with Crippen molar-refractivity contribution < 1.29 is 27.1 Å². The Hall–Kier alpha value is -2.22. The molecule has 0 unspecified atom stereocenters. The maximum atomic E-state index is 12.7. The Morgan fingerprint density at radius 1 is 1.33 bits per heavy atom. The van der Waals surface area contributed by atoms with Crippen molar-refractivity contribution in [1.29, 1.82) is 0 Å². The first-order valence-electron chi connectivity index (χ1n) is 7.10. The summed E-state index contributed by atoms with van der Waals surface area (Å²) < 4.78 is 53.9. The molecule has 0 saturated heterocycles. The van der Waals surface area contributed by atoms with E-state index < -0.39 is 31.5 Å². The monoisotopic (exact) mass is 344 g/mol. The summed E-state index contributed by atoms with van der Waals surface area (Å²) in [5.74, 6) is -4.84. The third-order valence-corrected chi connectivity index (χ3v) is 3.44. The Morgan fingerprint density at radius 3 is 2.79 bits per heavy atom. The van der Waals surface area contributed by atoms with Gasteiger partial charge in [0.2, 0.25) is 5.91 Å². The summed E-state index contributed by atoms with van der Waals surface area (Å²) in [7, 11) is 1.48. The molecule has 130 valence electrons. The largest absolute Gasteiger partial charge is 0.365 e. The molecule has 4 nitrogen and oxygen atoms in total. The number of likely N-dealkylation sites (N-methyl/N-ethyl adjacent to an activating group) is 1. The first kappa shape index (κ1) is 18.1. The molecule has 0 spiro atoms. The SMILES string of the molecule is CN(Cc1cccc2cnccc12)C(=O)COCC(F)(F)C(F)F. The Labute approximate surface area is 136 Å². The van der Waals surface area contributed by atoms with Crippen molar-refractivity contribution in [1.82, 2.24) is 9.88 Å².